The molecule has 0 spiro atoms. The standard InChI is InChI=1S/C27H44O4/c1-17(8-13-25(30)26(3,4)31)22-11-12-23-19(7-6-14-27(22,23)5)9-10-20-15-21(28)16-24(29)18(20)2/h9-10,17,21-25,28-31H,2,6-8,11-16H2,1,3-5H3/t17-,21-,22-,23+,24+,25?,27-/m1/s1. The van der Waals surface area contributed by atoms with Crippen LogP contribution in [0.4, 0.5) is 0 Å². The number of aliphatic hydroxyl groups is 4. The molecule has 3 fully saturated rings. The molecule has 31 heavy (non-hydrogen) atoms. The second-order valence-electron chi connectivity index (χ2n) is 11.4. The van der Waals surface area contributed by atoms with Gasteiger partial charge in [-0.25, -0.2) is 0 Å². The lowest BCUT2D eigenvalue weighted by molar-refractivity contribution is -0.0554. The highest BCUT2D eigenvalue weighted by molar-refractivity contribution is 5.38. The molecule has 4 nitrogen and oxygen atoms in total. The largest absolute Gasteiger partial charge is 0.393 e. The van der Waals surface area contributed by atoms with Gasteiger partial charge in [0.15, 0.2) is 0 Å². The Kier molecular flexibility index (Phi) is 7.57. The van der Waals surface area contributed by atoms with E-state index in [1.165, 1.54) is 31.3 Å². The number of hydrogen-bond acceptors (Lipinski definition) is 4. The van der Waals surface area contributed by atoms with Gasteiger partial charge in [0.1, 0.15) is 0 Å². The molecular weight excluding hydrogens is 388 g/mol. The third-order valence-corrected chi connectivity index (χ3v) is 8.70. The zero-order valence-electron chi connectivity index (χ0n) is 20.0. The summed E-state index contributed by atoms with van der Waals surface area (Å²) in [5.74, 6) is 1.74. The van der Waals surface area contributed by atoms with Crippen LogP contribution in [0.3, 0.4) is 0 Å². The second-order valence-corrected chi connectivity index (χ2v) is 11.4. The van der Waals surface area contributed by atoms with Crippen molar-refractivity contribution in [1.82, 2.24) is 0 Å². The molecule has 3 rings (SSSR count). The van der Waals surface area contributed by atoms with Crippen LogP contribution in [0.1, 0.15) is 85.5 Å². The average Bonchev–Trinajstić information content (AvgIpc) is 3.04. The minimum atomic E-state index is -1.04. The van der Waals surface area contributed by atoms with Crippen molar-refractivity contribution in [3.63, 3.8) is 0 Å². The summed E-state index contributed by atoms with van der Waals surface area (Å²) in [6.07, 6.45) is 11.1. The lowest BCUT2D eigenvalue weighted by atomic mass is 9.60. The quantitative estimate of drug-likeness (QED) is 0.491. The number of aliphatic hydroxyl groups excluding tert-OH is 3. The van der Waals surface area contributed by atoms with Gasteiger partial charge in [0.2, 0.25) is 0 Å². The van der Waals surface area contributed by atoms with Crippen LogP contribution in [-0.2, 0) is 0 Å². The Labute approximate surface area is 188 Å². The van der Waals surface area contributed by atoms with Crippen LogP contribution in [0, 0.1) is 23.2 Å². The summed E-state index contributed by atoms with van der Waals surface area (Å²) in [5.41, 5.74) is 2.48. The van der Waals surface area contributed by atoms with Gasteiger partial charge in [-0.2, -0.15) is 0 Å². The van der Waals surface area contributed by atoms with Gasteiger partial charge in [-0.05, 0) is 99.5 Å². The fraction of sp³-hybridized carbons (Fsp3) is 0.778. The number of hydrogen-bond donors (Lipinski definition) is 4. The highest BCUT2D eigenvalue weighted by atomic mass is 16.3. The van der Waals surface area contributed by atoms with Crippen molar-refractivity contribution < 1.29 is 20.4 Å². The van der Waals surface area contributed by atoms with Gasteiger partial charge in [-0.1, -0.05) is 38.2 Å². The maximum atomic E-state index is 10.3. The van der Waals surface area contributed by atoms with Gasteiger partial charge in [0.05, 0.1) is 23.9 Å². The van der Waals surface area contributed by atoms with Gasteiger partial charge in [0, 0.05) is 6.42 Å². The highest BCUT2D eigenvalue weighted by Gasteiger charge is 2.50. The zero-order chi connectivity index (χ0) is 23.0. The average molecular weight is 433 g/mol. The van der Waals surface area contributed by atoms with Gasteiger partial charge in [-0.15, -0.1) is 0 Å². The molecule has 4 N–H and O–H groups in total. The fourth-order valence-electron chi connectivity index (χ4n) is 6.65. The van der Waals surface area contributed by atoms with Gasteiger partial charge in [-0.3, -0.25) is 0 Å². The maximum Gasteiger partial charge on any atom is 0.0849 e. The van der Waals surface area contributed by atoms with Crippen molar-refractivity contribution in [3.05, 3.63) is 35.5 Å². The Bertz CT molecular complexity index is 715. The molecule has 3 aliphatic rings. The summed E-state index contributed by atoms with van der Waals surface area (Å²) in [4.78, 5) is 0. The summed E-state index contributed by atoms with van der Waals surface area (Å²) in [7, 11) is 0. The predicted octanol–water partition coefficient (Wildman–Crippen LogP) is 4.68. The Morgan fingerprint density at radius 3 is 2.58 bits per heavy atom. The molecule has 3 aliphatic carbocycles. The molecule has 0 aromatic carbocycles. The van der Waals surface area contributed by atoms with Crippen LogP contribution in [-0.4, -0.2) is 44.3 Å². The first kappa shape index (κ1) is 24.7. The second kappa shape index (κ2) is 9.51. The summed E-state index contributed by atoms with van der Waals surface area (Å²) in [5, 5.41) is 40.5. The third kappa shape index (κ3) is 5.35. The Hall–Kier alpha value is -0.940. The summed E-state index contributed by atoms with van der Waals surface area (Å²) in [6, 6.07) is 0. The van der Waals surface area contributed by atoms with Crippen molar-refractivity contribution in [2.24, 2.45) is 23.2 Å². The van der Waals surface area contributed by atoms with E-state index in [2.05, 4.69) is 32.6 Å². The van der Waals surface area contributed by atoms with Crippen molar-refractivity contribution in [3.8, 4) is 0 Å². The summed E-state index contributed by atoms with van der Waals surface area (Å²) in [6.45, 7) is 12.2. The molecule has 3 saturated carbocycles. The monoisotopic (exact) mass is 432 g/mol. The zero-order valence-corrected chi connectivity index (χ0v) is 20.0. The Morgan fingerprint density at radius 1 is 1.19 bits per heavy atom. The predicted molar refractivity (Wildman–Crippen MR) is 125 cm³/mol. The minimum Gasteiger partial charge on any atom is -0.393 e. The van der Waals surface area contributed by atoms with Gasteiger partial charge in [0.25, 0.3) is 0 Å². The first-order chi connectivity index (χ1) is 14.4. The van der Waals surface area contributed by atoms with Crippen LogP contribution in [0.5, 0.6) is 0 Å². The Morgan fingerprint density at radius 2 is 1.90 bits per heavy atom. The molecular formula is C27H44O4. The number of fused-ring (bicyclic) bond motifs is 1. The van der Waals surface area contributed by atoms with Crippen LogP contribution < -0.4 is 0 Å². The molecule has 0 heterocycles. The van der Waals surface area contributed by atoms with Crippen LogP contribution in [0.15, 0.2) is 35.5 Å². The normalized spacial score (nSPS) is 39.0. The number of rotatable bonds is 6. The molecule has 4 heteroatoms. The minimum absolute atomic E-state index is 0.282. The molecule has 0 bridgehead atoms. The molecule has 0 aromatic heterocycles. The molecule has 0 radical (unpaired) electrons. The molecule has 0 amide bonds. The smallest absolute Gasteiger partial charge is 0.0849 e. The van der Waals surface area contributed by atoms with E-state index in [1.807, 2.05) is 0 Å². The van der Waals surface area contributed by atoms with E-state index in [-0.39, 0.29) is 5.41 Å². The first-order valence-corrected chi connectivity index (χ1v) is 12.3. The van der Waals surface area contributed by atoms with Crippen molar-refractivity contribution in [1.29, 1.82) is 0 Å². The molecule has 1 unspecified atom stereocenters. The van der Waals surface area contributed by atoms with Crippen LogP contribution >= 0.6 is 0 Å². The van der Waals surface area contributed by atoms with Crippen molar-refractivity contribution >= 4 is 0 Å². The third-order valence-electron chi connectivity index (χ3n) is 8.70. The van der Waals surface area contributed by atoms with Crippen molar-refractivity contribution in [2.45, 2.75) is 109 Å². The molecule has 0 aromatic rings. The molecule has 176 valence electrons. The molecule has 0 aliphatic heterocycles. The number of allylic oxidation sites excluding steroid dienone is 3. The lowest BCUT2D eigenvalue weighted by Crippen LogP contribution is -2.38. The van der Waals surface area contributed by atoms with Gasteiger partial charge >= 0.3 is 0 Å². The first-order valence-electron chi connectivity index (χ1n) is 12.3. The van der Waals surface area contributed by atoms with Crippen molar-refractivity contribution in [2.75, 3.05) is 0 Å². The van der Waals surface area contributed by atoms with E-state index in [0.29, 0.717) is 37.0 Å². The van der Waals surface area contributed by atoms with E-state index >= 15 is 0 Å². The summed E-state index contributed by atoms with van der Waals surface area (Å²) >= 11 is 0. The van der Waals surface area contributed by atoms with E-state index in [4.69, 9.17) is 0 Å². The molecule has 0 saturated heterocycles. The van der Waals surface area contributed by atoms with Gasteiger partial charge < -0.3 is 20.4 Å². The van der Waals surface area contributed by atoms with E-state index in [9.17, 15) is 20.4 Å². The highest BCUT2D eigenvalue weighted by Crippen LogP contribution is 2.60. The SMILES string of the molecule is C=C1C(=CC=C2CCC[C@]3(C)[C@@H]([C@H](C)CCC(O)C(C)(C)O)CC[C@@H]23)C[C@@H](O)C[C@@H]1O. The van der Waals surface area contributed by atoms with E-state index < -0.39 is 23.9 Å². The topological polar surface area (TPSA) is 80.9 Å². The maximum absolute atomic E-state index is 10.3. The van der Waals surface area contributed by atoms with Crippen LogP contribution in [0.2, 0.25) is 0 Å². The Balaban J connectivity index is 1.71. The van der Waals surface area contributed by atoms with E-state index in [0.717, 1.165) is 24.0 Å². The van der Waals surface area contributed by atoms with Crippen LogP contribution in [0.25, 0.3) is 0 Å². The fourth-order valence-corrected chi connectivity index (χ4v) is 6.65. The summed E-state index contributed by atoms with van der Waals surface area (Å²) < 4.78 is 0. The molecule has 7 atom stereocenters. The van der Waals surface area contributed by atoms with E-state index in [1.54, 1.807) is 13.8 Å². The lowest BCUT2D eigenvalue weighted by Gasteiger charge is -2.44.